The molecule has 1 heterocycles. The molecule has 0 aliphatic heterocycles. The smallest absolute Gasteiger partial charge is 0.268 e. The number of nitrogens with zero attached hydrogens (tertiary/aromatic N) is 1. The normalized spacial score (nSPS) is 12.4. The maximum absolute atomic E-state index is 12.4. The molecular formula is C15H17F2N3O. The van der Waals surface area contributed by atoms with E-state index < -0.39 is 13.0 Å². The van der Waals surface area contributed by atoms with Gasteiger partial charge in [-0.05, 0) is 36.8 Å². The highest BCUT2D eigenvalue weighted by Gasteiger charge is 2.16. The monoisotopic (exact) mass is 293 g/mol. The molecule has 4 nitrogen and oxygen atoms in total. The van der Waals surface area contributed by atoms with Crippen molar-refractivity contribution in [2.24, 2.45) is 0 Å². The van der Waals surface area contributed by atoms with E-state index >= 15 is 0 Å². The van der Waals surface area contributed by atoms with Gasteiger partial charge < -0.3 is 15.6 Å². The van der Waals surface area contributed by atoms with Crippen LogP contribution in [0.1, 0.15) is 29.0 Å². The zero-order valence-electron chi connectivity index (χ0n) is 11.6. The second-order valence-electron chi connectivity index (χ2n) is 4.80. The Morgan fingerprint density at radius 2 is 1.95 bits per heavy atom. The van der Waals surface area contributed by atoms with Crippen LogP contribution in [0.2, 0.25) is 0 Å². The van der Waals surface area contributed by atoms with Crippen molar-refractivity contribution in [3.05, 3.63) is 53.9 Å². The van der Waals surface area contributed by atoms with Gasteiger partial charge in [0.25, 0.3) is 12.3 Å². The number of carbonyl (C=O) groups is 1. The fourth-order valence-electron chi connectivity index (χ4n) is 2.07. The van der Waals surface area contributed by atoms with Crippen LogP contribution in [0.25, 0.3) is 0 Å². The highest BCUT2D eigenvalue weighted by atomic mass is 19.3. The van der Waals surface area contributed by atoms with Crippen molar-refractivity contribution in [2.45, 2.75) is 25.9 Å². The Morgan fingerprint density at radius 3 is 2.57 bits per heavy atom. The van der Waals surface area contributed by atoms with Gasteiger partial charge in [-0.3, -0.25) is 4.79 Å². The van der Waals surface area contributed by atoms with Crippen molar-refractivity contribution >= 4 is 11.6 Å². The SMILES string of the molecule is CC(NC(=O)c1cccn1CC(F)F)c1ccc(N)cc1. The summed E-state index contributed by atoms with van der Waals surface area (Å²) in [5, 5.41) is 2.79. The van der Waals surface area contributed by atoms with E-state index in [-0.39, 0.29) is 17.6 Å². The van der Waals surface area contributed by atoms with Crippen LogP contribution in [-0.4, -0.2) is 16.9 Å². The van der Waals surface area contributed by atoms with E-state index in [4.69, 9.17) is 5.73 Å². The number of hydrogen-bond acceptors (Lipinski definition) is 2. The van der Waals surface area contributed by atoms with E-state index in [0.717, 1.165) is 5.56 Å². The first-order valence-electron chi connectivity index (χ1n) is 6.57. The molecule has 3 N–H and O–H groups in total. The number of nitrogen functional groups attached to an aromatic ring is 1. The van der Waals surface area contributed by atoms with E-state index in [9.17, 15) is 13.6 Å². The Bertz CT molecular complexity index is 608. The number of hydrogen-bond donors (Lipinski definition) is 2. The lowest BCUT2D eigenvalue weighted by molar-refractivity contribution is 0.0917. The topological polar surface area (TPSA) is 60.0 Å². The van der Waals surface area contributed by atoms with Crippen LogP contribution in [-0.2, 0) is 6.54 Å². The van der Waals surface area contributed by atoms with Crippen LogP contribution in [0.4, 0.5) is 14.5 Å². The molecule has 0 saturated carbocycles. The molecule has 1 amide bonds. The van der Waals surface area contributed by atoms with Gasteiger partial charge >= 0.3 is 0 Å². The van der Waals surface area contributed by atoms with Crippen LogP contribution in [0.5, 0.6) is 0 Å². The van der Waals surface area contributed by atoms with Crippen molar-refractivity contribution in [1.29, 1.82) is 0 Å². The first-order chi connectivity index (χ1) is 9.97. The van der Waals surface area contributed by atoms with Crippen LogP contribution < -0.4 is 11.1 Å². The zero-order chi connectivity index (χ0) is 15.4. The molecule has 1 aromatic carbocycles. The van der Waals surface area contributed by atoms with Crippen molar-refractivity contribution in [1.82, 2.24) is 9.88 Å². The van der Waals surface area contributed by atoms with Crippen LogP contribution >= 0.6 is 0 Å². The standard InChI is InChI=1S/C15H17F2N3O/c1-10(11-4-6-12(18)7-5-11)19-15(21)13-3-2-8-20(13)9-14(16)17/h2-8,10,14H,9,18H2,1H3,(H,19,21). The molecule has 2 aromatic rings. The van der Waals surface area contributed by atoms with Crippen LogP contribution in [0, 0.1) is 0 Å². The largest absolute Gasteiger partial charge is 0.399 e. The molecule has 112 valence electrons. The number of rotatable bonds is 5. The highest BCUT2D eigenvalue weighted by molar-refractivity contribution is 5.93. The quantitative estimate of drug-likeness (QED) is 0.833. The fourth-order valence-corrected chi connectivity index (χ4v) is 2.07. The summed E-state index contributed by atoms with van der Waals surface area (Å²) >= 11 is 0. The van der Waals surface area contributed by atoms with Crippen molar-refractivity contribution in [3.8, 4) is 0 Å². The molecule has 1 unspecified atom stereocenters. The molecule has 0 spiro atoms. The third-order valence-corrected chi connectivity index (χ3v) is 3.18. The summed E-state index contributed by atoms with van der Waals surface area (Å²) in [6, 6.07) is 9.98. The fraction of sp³-hybridized carbons (Fsp3) is 0.267. The molecule has 0 radical (unpaired) electrons. The van der Waals surface area contributed by atoms with Gasteiger partial charge in [0.1, 0.15) is 5.69 Å². The van der Waals surface area contributed by atoms with Gasteiger partial charge in [0.05, 0.1) is 12.6 Å². The Labute approximate surface area is 121 Å². The molecule has 0 aliphatic rings. The minimum absolute atomic E-state index is 0.220. The number of nitrogens with two attached hydrogens (primary N) is 1. The van der Waals surface area contributed by atoms with Crippen LogP contribution in [0.3, 0.4) is 0 Å². The number of amides is 1. The average Bonchev–Trinajstić information content (AvgIpc) is 2.86. The van der Waals surface area contributed by atoms with Gasteiger partial charge in [0.2, 0.25) is 0 Å². The molecular weight excluding hydrogens is 276 g/mol. The summed E-state index contributed by atoms with van der Waals surface area (Å²) in [4.78, 5) is 12.2. The third kappa shape index (κ3) is 3.81. The zero-order valence-corrected chi connectivity index (χ0v) is 11.6. The Balaban J connectivity index is 2.07. The molecule has 1 atom stereocenters. The molecule has 21 heavy (non-hydrogen) atoms. The summed E-state index contributed by atoms with van der Waals surface area (Å²) in [6.45, 7) is 1.33. The van der Waals surface area contributed by atoms with E-state index in [2.05, 4.69) is 5.32 Å². The molecule has 0 aliphatic carbocycles. The summed E-state index contributed by atoms with van der Waals surface area (Å²) in [6.07, 6.45) is -1.03. The maximum atomic E-state index is 12.4. The van der Waals surface area contributed by atoms with E-state index in [0.29, 0.717) is 5.69 Å². The first kappa shape index (κ1) is 15.0. The third-order valence-electron chi connectivity index (χ3n) is 3.18. The summed E-state index contributed by atoms with van der Waals surface area (Å²) in [7, 11) is 0. The second kappa shape index (κ2) is 6.39. The maximum Gasteiger partial charge on any atom is 0.268 e. The second-order valence-corrected chi connectivity index (χ2v) is 4.80. The number of anilines is 1. The number of benzene rings is 1. The van der Waals surface area contributed by atoms with Gasteiger partial charge in [0.15, 0.2) is 0 Å². The predicted octanol–water partition coefficient (Wildman–Crippen LogP) is 2.83. The number of nitrogens with one attached hydrogen (secondary N) is 1. The number of aromatic nitrogens is 1. The minimum atomic E-state index is -2.50. The number of carbonyl (C=O) groups excluding carboxylic acids is 1. The Hall–Kier alpha value is -2.37. The van der Waals surface area contributed by atoms with E-state index in [1.807, 2.05) is 19.1 Å². The summed E-state index contributed by atoms with van der Waals surface area (Å²) in [5.41, 5.74) is 7.36. The lowest BCUT2D eigenvalue weighted by Crippen LogP contribution is -2.29. The summed E-state index contributed by atoms with van der Waals surface area (Å²) < 4.78 is 26.1. The van der Waals surface area contributed by atoms with Gasteiger partial charge in [0, 0.05) is 11.9 Å². The highest BCUT2D eigenvalue weighted by Crippen LogP contribution is 2.15. The van der Waals surface area contributed by atoms with Gasteiger partial charge in [-0.25, -0.2) is 8.78 Å². The average molecular weight is 293 g/mol. The van der Waals surface area contributed by atoms with Crippen molar-refractivity contribution < 1.29 is 13.6 Å². The van der Waals surface area contributed by atoms with Crippen molar-refractivity contribution in [3.63, 3.8) is 0 Å². The first-order valence-corrected chi connectivity index (χ1v) is 6.57. The molecule has 0 bridgehead atoms. The molecule has 0 fully saturated rings. The molecule has 0 saturated heterocycles. The van der Waals surface area contributed by atoms with Gasteiger partial charge in [-0.1, -0.05) is 12.1 Å². The van der Waals surface area contributed by atoms with E-state index in [1.54, 1.807) is 18.2 Å². The molecule has 6 heteroatoms. The van der Waals surface area contributed by atoms with Gasteiger partial charge in [-0.2, -0.15) is 0 Å². The van der Waals surface area contributed by atoms with Crippen LogP contribution in [0.15, 0.2) is 42.6 Å². The Morgan fingerprint density at radius 1 is 1.29 bits per heavy atom. The molecule has 2 rings (SSSR count). The van der Waals surface area contributed by atoms with Crippen molar-refractivity contribution in [2.75, 3.05) is 5.73 Å². The minimum Gasteiger partial charge on any atom is -0.399 e. The predicted molar refractivity (Wildman–Crippen MR) is 77.2 cm³/mol. The lowest BCUT2D eigenvalue weighted by Gasteiger charge is -2.15. The Kier molecular flexibility index (Phi) is 4.57. The van der Waals surface area contributed by atoms with E-state index in [1.165, 1.54) is 16.8 Å². The summed E-state index contributed by atoms with van der Waals surface area (Å²) in [5.74, 6) is -0.384. The number of alkyl halides is 2. The molecule has 1 aromatic heterocycles. The van der Waals surface area contributed by atoms with Gasteiger partial charge in [-0.15, -0.1) is 0 Å². The number of halogens is 2. The lowest BCUT2D eigenvalue weighted by atomic mass is 10.1.